The largest absolute Gasteiger partial charge is 0.324 e. The fourth-order valence-electron chi connectivity index (χ4n) is 1.12. The molecule has 54 valence electrons. The third-order valence-corrected chi connectivity index (χ3v) is 1.77. The van der Waals surface area contributed by atoms with Gasteiger partial charge >= 0.3 is 0 Å². The quantitative estimate of drug-likeness (QED) is 0.502. The van der Waals surface area contributed by atoms with Crippen molar-refractivity contribution in [3.63, 3.8) is 0 Å². The van der Waals surface area contributed by atoms with E-state index in [1.165, 1.54) is 0 Å². The van der Waals surface area contributed by atoms with Crippen LogP contribution >= 0.6 is 0 Å². The van der Waals surface area contributed by atoms with Gasteiger partial charge in [0.1, 0.15) is 6.17 Å². The summed E-state index contributed by atoms with van der Waals surface area (Å²) in [4.78, 5) is 2.06. The fraction of sp³-hybridized carbons (Fsp3) is 1.00. The minimum absolute atomic E-state index is 0.260. The number of halogens is 1. The molecule has 2 nitrogen and oxygen atoms in total. The first-order chi connectivity index (χ1) is 4.20. The Morgan fingerprint density at radius 2 is 2.33 bits per heavy atom. The van der Waals surface area contributed by atoms with E-state index >= 15 is 0 Å². The van der Waals surface area contributed by atoms with Crippen molar-refractivity contribution >= 4 is 0 Å². The molecule has 1 aliphatic heterocycles. The van der Waals surface area contributed by atoms with Crippen molar-refractivity contribution in [1.82, 2.24) is 4.90 Å². The molecule has 1 aliphatic rings. The standard InChI is InChI=1S/C6H13FN2/c1-9-3-2-5(7)6(8)4-9/h5-6H,2-4,8H2,1H3/t5-,6+/m0/s1. The summed E-state index contributed by atoms with van der Waals surface area (Å²) in [6, 6.07) is -0.260. The monoisotopic (exact) mass is 132 g/mol. The molecular weight excluding hydrogens is 119 g/mol. The molecule has 9 heavy (non-hydrogen) atoms. The lowest BCUT2D eigenvalue weighted by molar-refractivity contribution is 0.148. The van der Waals surface area contributed by atoms with Gasteiger partial charge in [-0.2, -0.15) is 0 Å². The Labute approximate surface area is 54.8 Å². The van der Waals surface area contributed by atoms with Crippen LogP contribution in [-0.2, 0) is 0 Å². The number of likely N-dealkylation sites (tertiary alicyclic amines) is 1. The van der Waals surface area contributed by atoms with E-state index in [-0.39, 0.29) is 6.04 Å². The van der Waals surface area contributed by atoms with Gasteiger partial charge in [-0.15, -0.1) is 0 Å². The molecular formula is C6H13FN2. The molecule has 0 spiro atoms. The van der Waals surface area contributed by atoms with E-state index in [4.69, 9.17) is 5.73 Å². The maximum absolute atomic E-state index is 12.6. The second kappa shape index (κ2) is 2.62. The van der Waals surface area contributed by atoms with Crippen molar-refractivity contribution in [1.29, 1.82) is 0 Å². The summed E-state index contributed by atoms with van der Waals surface area (Å²) in [6.07, 6.45) is -0.182. The van der Waals surface area contributed by atoms with Crippen LogP contribution < -0.4 is 5.73 Å². The Hall–Kier alpha value is -0.150. The molecule has 0 aromatic carbocycles. The van der Waals surface area contributed by atoms with Crippen LogP contribution in [0.1, 0.15) is 6.42 Å². The van der Waals surface area contributed by atoms with Gasteiger partial charge in [0, 0.05) is 19.1 Å². The molecule has 3 heteroatoms. The fourth-order valence-corrected chi connectivity index (χ4v) is 1.12. The number of hydrogen-bond acceptors (Lipinski definition) is 2. The van der Waals surface area contributed by atoms with Gasteiger partial charge in [-0.3, -0.25) is 0 Å². The molecule has 1 rings (SSSR count). The second-order valence-electron chi connectivity index (χ2n) is 2.73. The summed E-state index contributed by atoms with van der Waals surface area (Å²) >= 11 is 0. The van der Waals surface area contributed by atoms with Crippen molar-refractivity contribution in [3.05, 3.63) is 0 Å². The van der Waals surface area contributed by atoms with Gasteiger partial charge in [-0.25, -0.2) is 4.39 Å². The minimum Gasteiger partial charge on any atom is -0.324 e. The highest BCUT2D eigenvalue weighted by atomic mass is 19.1. The number of nitrogens with two attached hydrogens (primary N) is 1. The molecule has 2 atom stereocenters. The number of rotatable bonds is 0. The van der Waals surface area contributed by atoms with Gasteiger partial charge in [0.15, 0.2) is 0 Å². The average molecular weight is 132 g/mol. The lowest BCUT2D eigenvalue weighted by Gasteiger charge is -2.29. The molecule has 0 radical (unpaired) electrons. The minimum atomic E-state index is -0.777. The number of nitrogens with zero attached hydrogens (tertiary/aromatic N) is 1. The molecule has 0 aliphatic carbocycles. The molecule has 0 bridgehead atoms. The van der Waals surface area contributed by atoms with E-state index in [1.807, 2.05) is 7.05 Å². The van der Waals surface area contributed by atoms with E-state index in [2.05, 4.69) is 4.90 Å². The lowest BCUT2D eigenvalue weighted by atomic mass is 10.1. The third kappa shape index (κ3) is 1.63. The highest BCUT2D eigenvalue weighted by molar-refractivity contribution is 4.80. The maximum Gasteiger partial charge on any atom is 0.118 e. The van der Waals surface area contributed by atoms with E-state index in [9.17, 15) is 4.39 Å². The van der Waals surface area contributed by atoms with Crippen LogP contribution in [0, 0.1) is 0 Å². The van der Waals surface area contributed by atoms with Crippen molar-refractivity contribution in [2.45, 2.75) is 18.6 Å². The predicted molar refractivity (Wildman–Crippen MR) is 35.0 cm³/mol. The zero-order valence-electron chi connectivity index (χ0n) is 5.68. The Bertz CT molecular complexity index is 97.1. The molecule has 2 N–H and O–H groups in total. The van der Waals surface area contributed by atoms with Crippen molar-refractivity contribution in [2.75, 3.05) is 20.1 Å². The highest BCUT2D eigenvalue weighted by Gasteiger charge is 2.23. The Morgan fingerprint density at radius 3 is 2.78 bits per heavy atom. The third-order valence-electron chi connectivity index (χ3n) is 1.77. The van der Waals surface area contributed by atoms with Gasteiger partial charge < -0.3 is 10.6 Å². The normalized spacial score (nSPS) is 39.0. The van der Waals surface area contributed by atoms with Crippen LogP contribution in [0.3, 0.4) is 0 Å². The van der Waals surface area contributed by atoms with Gasteiger partial charge in [0.05, 0.1) is 0 Å². The summed E-state index contributed by atoms with van der Waals surface area (Å²) in [5.41, 5.74) is 5.45. The van der Waals surface area contributed by atoms with Crippen molar-refractivity contribution < 1.29 is 4.39 Å². The van der Waals surface area contributed by atoms with Gasteiger partial charge in [0.2, 0.25) is 0 Å². The number of piperidine rings is 1. The molecule has 0 unspecified atom stereocenters. The zero-order chi connectivity index (χ0) is 6.85. The molecule has 1 fully saturated rings. The maximum atomic E-state index is 12.6. The first-order valence-corrected chi connectivity index (χ1v) is 3.28. The summed E-state index contributed by atoms with van der Waals surface area (Å²) in [7, 11) is 1.96. The smallest absolute Gasteiger partial charge is 0.118 e. The van der Waals surface area contributed by atoms with Crippen LogP contribution in [0.4, 0.5) is 4.39 Å². The Morgan fingerprint density at radius 1 is 1.67 bits per heavy atom. The number of alkyl halides is 1. The zero-order valence-corrected chi connectivity index (χ0v) is 5.68. The van der Waals surface area contributed by atoms with Gasteiger partial charge in [0.25, 0.3) is 0 Å². The number of likely N-dealkylation sites (N-methyl/N-ethyl adjacent to an activating group) is 1. The highest BCUT2D eigenvalue weighted by Crippen LogP contribution is 2.10. The van der Waals surface area contributed by atoms with E-state index < -0.39 is 6.17 Å². The molecule has 0 aromatic rings. The Kier molecular flexibility index (Phi) is 2.03. The van der Waals surface area contributed by atoms with Gasteiger partial charge in [-0.1, -0.05) is 0 Å². The lowest BCUT2D eigenvalue weighted by Crippen LogP contribution is -2.47. The molecule has 0 aromatic heterocycles. The van der Waals surface area contributed by atoms with Crippen LogP contribution in [0.5, 0.6) is 0 Å². The molecule has 1 saturated heterocycles. The molecule has 0 amide bonds. The topological polar surface area (TPSA) is 29.3 Å². The Balaban J connectivity index is 2.35. The molecule has 0 saturated carbocycles. The van der Waals surface area contributed by atoms with E-state index in [0.717, 1.165) is 6.54 Å². The summed E-state index contributed by atoms with van der Waals surface area (Å²) < 4.78 is 12.6. The van der Waals surface area contributed by atoms with E-state index in [1.54, 1.807) is 0 Å². The summed E-state index contributed by atoms with van der Waals surface area (Å²) in [6.45, 7) is 1.54. The average Bonchev–Trinajstić information content (AvgIpc) is 1.80. The van der Waals surface area contributed by atoms with E-state index in [0.29, 0.717) is 13.0 Å². The first-order valence-electron chi connectivity index (χ1n) is 3.28. The van der Waals surface area contributed by atoms with Crippen LogP contribution in [-0.4, -0.2) is 37.3 Å². The van der Waals surface area contributed by atoms with Crippen LogP contribution in [0.2, 0.25) is 0 Å². The number of hydrogen-bond donors (Lipinski definition) is 1. The van der Waals surface area contributed by atoms with Crippen LogP contribution in [0.25, 0.3) is 0 Å². The predicted octanol–water partition coefficient (Wildman–Crippen LogP) is -0.0127. The molecule has 1 heterocycles. The van der Waals surface area contributed by atoms with Crippen molar-refractivity contribution in [3.8, 4) is 0 Å². The first kappa shape index (κ1) is 6.96. The summed E-state index contributed by atoms with van der Waals surface area (Å²) in [5, 5.41) is 0. The second-order valence-corrected chi connectivity index (χ2v) is 2.73. The summed E-state index contributed by atoms with van der Waals surface area (Å²) in [5.74, 6) is 0. The van der Waals surface area contributed by atoms with Crippen molar-refractivity contribution in [2.24, 2.45) is 5.73 Å². The SMILES string of the molecule is CN1CC[C@H](F)[C@H](N)C1. The van der Waals surface area contributed by atoms with Crippen LogP contribution in [0.15, 0.2) is 0 Å². The van der Waals surface area contributed by atoms with Gasteiger partial charge in [-0.05, 0) is 13.5 Å².